The number of nitrogens with one attached hydrogen (secondary N) is 1. The van der Waals surface area contributed by atoms with Gasteiger partial charge in [-0.15, -0.1) is 0 Å². The lowest BCUT2D eigenvalue weighted by atomic mass is 9.91. The number of hydrogen-bond donors (Lipinski definition) is 1. The first kappa shape index (κ1) is 19.3. The van der Waals surface area contributed by atoms with E-state index in [0.29, 0.717) is 5.92 Å². The van der Waals surface area contributed by atoms with E-state index >= 15 is 0 Å². The minimum atomic E-state index is -0.0835. The van der Waals surface area contributed by atoms with Crippen LogP contribution in [0.3, 0.4) is 0 Å². The van der Waals surface area contributed by atoms with Gasteiger partial charge in [-0.2, -0.15) is 5.10 Å². The van der Waals surface area contributed by atoms with Crippen LogP contribution < -0.4 is 5.32 Å². The lowest BCUT2D eigenvalue weighted by Gasteiger charge is -2.32. The Morgan fingerprint density at radius 1 is 1.28 bits per heavy atom. The van der Waals surface area contributed by atoms with Crippen molar-refractivity contribution in [2.24, 2.45) is 7.05 Å². The van der Waals surface area contributed by atoms with E-state index in [4.69, 9.17) is 4.98 Å². The molecule has 1 aliphatic heterocycles. The molecule has 0 bridgehead atoms. The number of carbonyl (C=O) groups excluding carboxylic acids is 1. The smallest absolute Gasteiger partial charge is 0.221 e. The highest BCUT2D eigenvalue weighted by molar-refractivity contribution is 5.89. The van der Waals surface area contributed by atoms with Gasteiger partial charge in [0.15, 0.2) is 0 Å². The normalized spacial score (nSPS) is 17.2. The van der Waals surface area contributed by atoms with Crippen molar-refractivity contribution in [2.45, 2.75) is 32.2 Å². The number of aryl methyl sites for hydroxylation is 1. The summed E-state index contributed by atoms with van der Waals surface area (Å²) in [4.78, 5) is 23.3. The molecule has 7 nitrogen and oxygen atoms in total. The second-order valence-electron chi connectivity index (χ2n) is 7.65. The SMILES string of the molecule is CC(=O)Nc1cccc(-c2nccnc2[C@H]2CCCN(Cc3cnn(C)c3)C2)c1. The van der Waals surface area contributed by atoms with Crippen LogP contribution >= 0.6 is 0 Å². The average Bonchev–Trinajstić information content (AvgIpc) is 3.12. The highest BCUT2D eigenvalue weighted by Crippen LogP contribution is 2.33. The van der Waals surface area contributed by atoms with E-state index in [2.05, 4.69) is 26.5 Å². The molecule has 1 saturated heterocycles. The zero-order valence-corrected chi connectivity index (χ0v) is 16.9. The van der Waals surface area contributed by atoms with Gasteiger partial charge in [-0.1, -0.05) is 12.1 Å². The summed E-state index contributed by atoms with van der Waals surface area (Å²) in [6.07, 6.45) is 9.75. The van der Waals surface area contributed by atoms with Crippen LogP contribution in [-0.2, 0) is 18.4 Å². The Hall–Kier alpha value is -3.06. The number of rotatable bonds is 5. The van der Waals surface area contributed by atoms with Crippen LogP contribution in [-0.4, -0.2) is 43.6 Å². The maximum absolute atomic E-state index is 11.4. The number of hydrogen-bond acceptors (Lipinski definition) is 5. The average molecular weight is 390 g/mol. The van der Waals surface area contributed by atoms with E-state index in [-0.39, 0.29) is 5.91 Å². The van der Waals surface area contributed by atoms with Gasteiger partial charge in [-0.05, 0) is 31.5 Å². The number of aromatic nitrogens is 4. The van der Waals surface area contributed by atoms with Crippen LogP contribution in [0.15, 0.2) is 49.1 Å². The van der Waals surface area contributed by atoms with Crippen LogP contribution in [0.5, 0.6) is 0 Å². The zero-order chi connectivity index (χ0) is 20.2. The summed E-state index contributed by atoms with van der Waals surface area (Å²) in [6.45, 7) is 4.45. The van der Waals surface area contributed by atoms with Crippen molar-refractivity contribution in [3.05, 3.63) is 60.3 Å². The van der Waals surface area contributed by atoms with Crippen molar-refractivity contribution in [1.82, 2.24) is 24.6 Å². The van der Waals surface area contributed by atoms with Crippen molar-refractivity contribution in [3.8, 4) is 11.3 Å². The number of amides is 1. The van der Waals surface area contributed by atoms with Crippen LogP contribution in [0.1, 0.15) is 36.9 Å². The molecule has 1 aromatic carbocycles. The molecule has 7 heteroatoms. The summed E-state index contributed by atoms with van der Waals surface area (Å²) < 4.78 is 1.85. The minimum absolute atomic E-state index is 0.0835. The molecule has 29 heavy (non-hydrogen) atoms. The predicted molar refractivity (Wildman–Crippen MR) is 112 cm³/mol. The molecule has 0 aliphatic carbocycles. The van der Waals surface area contributed by atoms with Crippen LogP contribution in [0.4, 0.5) is 5.69 Å². The molecule has 3 aromatic rings. The molecule has 2 aromatic heterocycles. The van der Waals surface area contributed by atoms with Gasteiger partial charge < -0.3 is 5.32 Å². The first-order chi connectivity index (χ1) is 14.1. The molecule has 150 valence electrons. The number of piperidine rings is 1. The lowest BCUT2D eigenvalue weighted by molar-refractivity contribution is -0.114. The zero-order valence-electron chi connectivity index (χ0n) is 16.9. The summed E-state index contributed by atoms with van der Waals surface area (Å²) in [5, 5.41) is 7.13. The summed E-state index contributed by atoms with van der Waals surface area (Å²) in [5.41, 5.74) is 4.91. The van der Waals surface area contributed by atoms with E-state index in [0.717, 1.165) is 55.1 Å². The maximum Gasteiger partial charge on any atom is 0.221 e. The highest BCUT2D eigenvalue weighted by atomic mass is 16.1. The monoisotopic (exact) mass is 390 g/mol. The summed E-state index contributed by atoms with van der Waals surface area (Å²) >= 11 is 0. The molecule has 3 heterocycles. The number of nitrogens with zero attached hydrogens (tertiary/aromatic N) is 5. The van der Waals surface area contributed by atoms with E-state index in [1.807, 2.05) is 42.2 Å². The third kappa shape index (κ3) is 4.68. The van der Waals surface area contributed by atoms with Gasteiger partial charge >= 0.3 is 0 Å². The predicted octanol–water partition coefficient (Wildman–Crippen LogP) is 3.22. The molecule has 1 amide bonds. The Kier molecular flexibility index (Phi) is 5.67. The molecule has 1 N–H and O–H groups in total. The molecule has 0 unspecified atom stereocenters. The van der Waals surface area contributed by atoms with E-state index in [9.17, 15) is 4.79 Å². The van der Waals surface area contributed by atoms with Gasteiger partial charge in [0.2, 0.25) is 5.91 Å². The van der Waals surface area contributed by atoms with E-state index in [1.165, 1.54) is 12.5 Å². The van der Waals surface area contributed by atoms with Gasteiger partial charge in [-0.3, -0.25) is 24.3 Å². The maximum atomic E-state index is 11.4. The third-order valence-electron chi connectivity index (χ3n) is 5.24. The molecule has 1 atom stereocenters. The molecule has 0 radical (unpaired) electrons. The van der Waals surface area contributed by atoms with E-state index < -0.39 is 0 Å². The molecule has 0 saturated carbocycles. The first-order valence-electron chi connectivity index (χ1n) is 9.97. The Morgan fingerprint density at radius 3 is 2.93 bits per heavy atom. The van der Waals surface area contributed by atoms with Gasteiger partial charge in [0.05, 0.1) is 17.6 Å². The van der Waals surface area contributed by atoms with Gasteiger partial charge in [-0.25, -0.2) is 0 Å². The summed E-state index contributed by atoms with van der Waals surface area (Å²) in [6, 6.07) is 7.81. The number of likely N-dealkylation sites (tertiary alicyclic amines) is 1. The summed E-state index contributed by atoms with van der Waals surface area (Å²) in [7, 11) is 1.95. The number of benzene rings is 1. The molecular weight excluding hydrogens is 364 g/mol. The van der Waals surface area contributed by atoms with Crippen molar-refractivity contribution < 1.29 is 4.79 Å². The van der Waals surface area contributed by atoms with Crippen molar-refractivity contribution in [2.75, 3.05) is 18.4 Å². The van der Waals surface area contributed by atoms with Crippen LogP contribution in [0, 0.1) is 0 Å². The standard InChI is InChI=1S/C22H26N6O/c1-16(29)26-20-7-3-5-18(11-20)21-22(24-9-8-23-21)19-6-4-10-28(15-19)14-17-12-25-27(2)13-17/h3,5,7-9,11-13,19H,4,6,10,14-15H2,1-2H3,(H,26,29)/t19-/m0/s1. The Bertz CT molecular complexity index is 998. The van der Waals surface area contributed by atoms with Crippen LogP contribution in [0.2, 0.25) is 0 Å². The highest BCUT2D eigenvalue weighted by Gasteiger charge is 2.25. The topological polar surface area (TPSA) is 75.9 Å². The molecule has 1 aliphatic rings. The van der Waals surface area contributed by atoms with E-state index in [1.54, 1.807) is 12.4 Å². The fourth-order valence-electron chi connectivity index (χ4n) is 4.05. The largest absolute Gasteiger partial charge is 0.326 e. The van der Waals surface area contributed by atoms with Gasteiger partial charge in [0, 0.05) is 68.4 Å². The van der Waals surface area contributed by atoms with Crippen molar-refractivity contribution >= 4 is 11.6 Å². The third-order valence-corrected chi connectivity index (χ3v) is 5.24. The van der Waals surface area contributed by atoms with Gasteiger partial charge in [0.1, 0.15) is 0 Å². The van der Waals surface area contributed by atoms with Crippen molar-refractivity contribution in [1.29, 1.82) is 0 Å². The molecule has 1 fully saturated rings. The lowest BCUT2D eigenvalue weighted by Crippen LogP contribution is -2.34. The van der Waals surface area contributed by atoms with Gasteiger partial charge in [0.25, 0.3) is 0 Å². The molecule has 4 rings (SSSR count). The Labute approximate surface area is 170 Å². The first-order valence-corrected chi connectivity index (χ1v) is 9.97. The molecule has 0 spiro atoms. The second kappa shape index (κ2) is 8.53. The fraction of sp³-hybridized carbons (Fsp3) is 0.364. The fourth-order valence-corrected chi connectivity index (χ4v) is 4.05. The molecular formula is C22H26N6O. The quantitative estimate of drug-likeness (QED) is 0.724. The Morgan fingerprint density at radius 2 is 2.14 bits per heavy atom. The van der Waals surface area contributed by atoms with Crippen molar-refractivity contribution in [3.63, 3.8) is 0 Å². The van der Waals surface area contributed by atoms with Crippen LogP contribution in [0.25, 0.3) is 11.3 Å². The number of carbonyl (C=O) groups is 1. The Balaban J connectivity index is 1.57. The second-order valence-corrected chi connectivity index (χ2v) is 7.65. The summed E-state index contributed by atoms with van der Waals surface area (Å²) in [5.74, 6) is 0.244. The minimum Gasteiger partial charge on any atom is -0.326 e. The number of anilines is 1.